The van der Waals surface area contributed by atoms with Gasteiger partial charge in [-0.2, -0.15) is 0 Å². The predicted molar refractivity (Wildman–Crippen MR) is 120 cm³/mol. The summed E-state index contributed by atoms with van der Waals surface area (Å²) >= 11 is 6.18. The SMILES string of the molecule is CC(C)n1c(N2CCN(C(=O)Cc3ccccc3Cl)CC2)cc(=O)n(C(C)C)c1=O. The van der Waals surface area contributed by atoms with Crippen LogP contribution in [0.4, 0.5) is 5.82 Å². The van der Waals surface area contributed by atoms with Crippen LogP contribution in [-0.4, -0.2) is 46.1 Å². The van der Waals surface area contributed by atoms with Crippen LogP contribution in [0.2, 0.25) is 5.02 Å². The second kappa shape index (κ2) is 9.08. The van der Waals surface area contributed by atoms with Crippen LogP contribution in [0, 0.1) is 0 Å². The number of hydrogen-bond donors (Lipinski definition) is 0. The highest BCUT2D eigenvalue weighted by atomic mass is 35.5. The average molecular weight is 433 g/mol. The molecule has 8 heteroatoms. The standard InChI is InChI=1S/C22H29ClN4O3/c1-15(2)26-19(14-21(29)27(16(3)4)22(26)30)24-9-11-25(12-10-24)20(28)13-17-7-5-6-8-18(17)23/h5-8,14-16H,9-13H2,1-4H3. The fourth-order valence-electron chi connectivity index (χ4n) is 3.86. The zero-order chi connectivity index (χ0) is 22.0. The Labute approximate surface area is 181 Å². The molecule has 1 saturated heterocycles. The van der Waals surface area contributed by atoms with E-state index in [0.29, 0.717) is 37.0 Å². The first-order valence-corrected chi connectivity index (χ1v) is 10.7. The van der Waals surface area contributed by atoms with E-state index in [-0.39, 0.29) is 35.7 Å². The molecule has 1 aromatic heterocycles. The first kappa shape index (κ1) is 22.2. The van der Waals surface area contributed by atoms with E-state index in [1.807, 2.05) is 55.7 Å². The summed E-state index contributed by atoms with van der Waals surface area (Å²) in [5.41, 5.74) is 0.233. The van der Waals surface area contributed by atoms with Crippen molar-refractivity contribution in [2.24, 2.45) is 0 Å². The molecule has 1 amide bonds. The van der Waals surface area contributed by atoms with Gasteiger partial charge in [-0.15, -0.1) is 0 Å². The maximum absolute atomic E-state index is 13.0. The molecule has 0 radical (unpaired) electrons. The van der Waals surface area contributed by atoms with Crippen molar-refractivity contribution in [1.82, 2.24) is 14.0 Å². The van der Waals surface area contributed by atoms with Gasteiger partial charge in [-0.1, -0.05) is 29.8 Å². The largest absolute Gasteiger partial charge is 0.354 e. The molecule has 1 aromatic carbocycles. The lowest BCUT2D eigenvalue weighted by molar-refractivity contribution is -0.130. The van der Waals surface area contributed by atoms with Crippen LogP contribution in [0.3, 0.4) is 0 Å². The number of nitrogens with zero attached hydrogens (tertiary/aromatic N) is 4. The Balaban J connectivity index is 1.78. The van der Waals surface area contributed by atoms with Crippen LogP contribution in [0.25, 0.3) is 0 Å². The molecule has 0 aliphatic carbocycles. The highest BCUT2D eigenvalue weighted by Crippen LogP contribution is 2.20. The number of halogens is 1. The van der Waals surface area contributed by atoms with Crippen LogP contribution in [0.1, 0.15) is 45.3 Å². The molecule has 2 aromatic rings. The van der Waals surface area contributed by atoms with Gasteiger partial charge in [-0.25, -0.2) is 4.79 Å². The van der Waals surface area contributed by atoms with Crippen molar-refractivity contribution in [1.29, 1.82) is 0 Å². The van der Waals surface area contributed by atoms with Crippen molar-refractivity contribution in [3.05, 3.63) is 61.8 Å². The lowest BCUT2D eigenvalue weighted by Crippen LogP contribution is -2.52. The van der Waals surface area contributed by atoms with Gasteiger partial charge in [0.05, 0.1) is 6.42 Å². The van der Waals surface area contributed by atoms with E-state index >= 15 is 0 Å². The number of carbonyl (C=O) groups is 1. The molecule has 0 bridgehead atoms. The zero-order valence-corrected chi connectivity index (χ0v) is 18.7. The van der Waals surface area contributed by atoms with Crippen molar-refractivity contribution in [2.45, 2.75) is 46.2 Å². The summed E-state index contributed by atoms with van der Waals surface area (Å²) < 4.78 is 2.95. The molecule has 0 N–H and O–H groups in total. The minimum absolute atomic E-state index is 0.0271. The molecule has 162 valence electrons. The Morgan fingerprint density at radius 2 is 1.57 bits per heavy atom. The maximum atomic E-state index is 13.0. The van der Waals surface area contributed by atoms with Gasteiger partial charge in [0.1, 0.15) is 5.82 Å². The first-order chi connectivity index (χ1) is 14.2. The molecule has 0 unspecified atom stereocenters. The summed E-state index contributed by atoms with van der Waals surface area (Å²) in [6.07, 6.45) is 0.265. The van der Waals surface area contributed by atoms with Gasteiger partial charge in [0, 0.05) is 49.4 Å². The summed E-state index contributed by atoms with van der Waals surface area (Å²) in [7, 11) is 0. The van der Waals surface area contributed by atoms with Crippen molar-refractivity contribution in [3.63, 3.8) is 0 Å². The molecular formula is C22H29ClN4O3. The van der Waals surface area contributed by atoms with Gasteiger partial charge in [0.25, 0.3) is 5.56 Å². The van der Waals surface area contributed by atoms with E-state index in [0.717, 1.165) is 5.56 Å². The molecular weight excluding hydrogens is 404 g/mol. The molecule has 30 heavy (non-hydrogen) atoms. The Bertz CT molecular complexity index is 1030. The van der Waals surface area contributed by atoms with Gasteiger partial charge >= 0.3 is 5.69 Å². The van der Waals surface area contributed by atoms with Crippen molar-refractivity contribution < 1.29 is 4.79 Å². The minimum Gasteiger partial charge on any atom is -0.354 e. The van der Waals surface area contributed by atoms with Crippen LogP contribution in [-0.2, 0) is 11.2 Å². The fourth-order valence-corrected chi connectivity index (χ4v) is 4.07. The summed E-state index contributed by atoms with van der Waals surface area (Å²) in [5.74, 6) is 0.648. The molecule has 0 saturated carbocycles. The van der Waals surface area contributed by atoms with Crippen molar-refractivity contribution in [2.75, 3.05) is 31.1 Å². The van der Waals surface area contributed by atoms with Crippen molar-refractivity contribution in [3.8, 4) is 0 Å². The van der Waals surface area contributed by atoms with E-state index in [4.69, 9.17) is 11.6 Å². The molecule has 1 fully saturated rings. The quantitative estimate of drug-likeness (QED) is 0.728. The number of amides is 1. The van der Waals surface area contributed by atoms with Gasteiger partial charge in [0.2, 0.25) is 5.91 Å². The van der Waals surface area contributed by atoms with Gasteiger partial charge in [-0.05, 0) is 39.3 Å². The number of rotatable bonds is 5. The highest BCUT2D eigenvalue weighted by molar-refractivity contribution is 6.31. The lowest BCUT2D eigenvalue weighted by Gasteiger charge is -2.37. The fraction of sp³-hybridized carbons (Fsp3) is 0.500. The predicted octanol–water partition coefficient (Wildman–Crippen LogP) is 2.72. The van der Waals surface area contributed by atoms with E-state index in [2.05, 4.69) is 0 Å². The Morgan fingerprint density at radius 3 is 2.13 bits per heavy atom. The Hall–Kier alpha value is -2.54. The summed E-state index contributed by atoms with van der Waals surface area (Å²) in [6.45, 7) is 9.71. The molecule has 2 heterocycles. The minimum atomic E-state index is -0.292. The van der Waals surface area contributed by atoms with Crippen LogP contribution < -0.4 is 16.1 Å². The molecule has 1 aliphatic heterocycles. The van der Waals surface area contributed by atoms with E-state index in [9.17, 15) is 14.4 Å². The molecule has 7 nitrogen and oxygen atoms in total. The van der Waals surface area contributed by atoms with E-state index in [1.165, 1.54) is 4.57 Å². The monoisotopic (exact) mass is 432 g/mol. The molecule has 1 aliphatic rings. The van der Waals surface area contributed by atoms with Crippen LogP contribution in [0.5, 0.6) is 0 Å². The number of carbonyl (C=O) groups excluding carboxylic acids is 1. The summed E-state index contributed by atoms with van der Waals surface area (Å²) in [5, 5.41) is 0.594. The molecule has 0 atom stereocenters. The third-order valence-corrected chi connectivity index (χ3v) is 5.81. The second-order valence-electron chi connectivity index (χ2n) is 8.19. The average Bonchev–Trinajstić information content (AvgIpc) is 2.68. The second-order valence-corrected chi connectivity index (χ2v) is 8.59. The number of hydrogen-bond acceptors (Lipinski definition) is 4. The topological polar surface area (TPSA) is 67.5 Å². The van der Waals surface area contributed by atoms with Gasteiger partial charge in [0.15, 0.2) is 0 Å². The highest BCUT2D eigenvalue weighted by Gasteiger charge is 2.25. The maximum Gasteiger partial charge on any atom is 0.333 e. The summed E-state index contributed by atoms with van der Waals surface area (Å²) in [4.78, 5) is 42.1. The number of anilines is 1. The Kier molecular flexibility index (Phi) is 6.71. The third-order valence-electron chi connectivity index (χ3n) is 5.44. The zero-order valence-electron chi connectivity index (χ0n) is 18.0. The van der Waals surface area contributed by atoms with Crippen molar-refractivity contribution >= 4 is 23.3 Å². The third kappa shape index (κ3) is 4.46. The smallest absolute Gasteiger partial charge is 0.333 e. The molecule has 0 spiro atoms. The molecule has 3 rings (SSSR count). The number of benzene rings is 1. The summed E-state index contributed by atoms with van der Waals surface area (Å²) in [6, 6.07) is 8.62. The van der Waals surface area contributed by atoms with Gasteiger partial charge in [-0.3, -0.25) is 18.7 Å². The van der Waals surface area contributed by atoms with Gasteiger partial charge < -0.3 is 9.80 Å². The van der Waals surface area contributed by atoms with Crippen LogP contribution >= 0.6 is 11.6 Å². The number of aromatic nitrogens is 2. The first-order valence-electron chi connectivity index (χ1n) is 10.3. The van der Waals surface area contributed by atoms with E-state index < -0.39 is 0 Å². The Morgan fingerprint density at radius 1 is 0.967 bits per heavy atom. The lowest BCUT2D eigenvalue weighted by atomic mass is 10.1. The van der Waals surface area contributed by atoms with E-state index in [1.54, 1.807) is 16.7 Å². The van der Waals surface area contributed by atoms with Crippen LogP contribution in [0.15, 0.2) is 39.9 Å². The number of piperazine rings is 1. The normalized spacial score (nSPS) is 14.6.